The molecule has 0 saturated heterocycles. The predicted molar refractivity (Wildman–Crippen MR) is 127 cm³/mol. The molecule has 3 aromatic carbocycles. The maximum atomic E-state index is 6.83. The van der Waals surface area contributed by atoms with E-state index in [4.69, 9.17) is 45.5 Å². The quantitative estimate of drug-likeness (QED) is 0.337. The summed E-state index contributed by atoms with van der Waals surface area (Å²) in [6, 6.07) is 19.1. The van der Waals surface area contributed by atoms with E-state index in [9.17, 15) is 0 Å². The van der Waals surface area contributed by atoms with E-state index >= 15 is 0 Å². The highest BCUT2D eigenvalue weighted by atomic mass is 79.9. The van der Waals surface area contributed by atoms with Crippen LogP contribution >= 0.6 is 50.7 Å². The molecule has 0 radical (unpaired) electrons. The number of nitrogens with two attached hydrogens (primary N) is 1. The third-order valence-electron chi connectivity index (χ3n) is 4.56. The Balaban J connectivity index is 1.74. The van der Waals surface area contributed by atoms with Gasteiger partial charge >= 0.3 is 0 Å². The van der Waals surface area contributed by atoms with Crippen molar-refractivity contribution in [3.8, 4) is 0 Å². The van der Waals surface area contributed by atoms with Crippen molar-refractivity contribution >= 4 is 73.6 Å². The molecule has 8 heteroatoms. The lowest BCUT2D eigenvalue weighted by molar-refractivity contribution is 0.631. The summed E-state index contributed by atoms with van der Waals surface area (Å²) in [7, 11) is 0. The molecule has 1 aliphatic rings. The molecule has 29 heavy (non-hydrogen) atoms. The monoisotopic (exact) mass is 508 g/mol. The van der Waals surface area contributed by atoms with Crippen LogP contribution in [-0.2, 0) is 6.42 Å². The molecule has 0 saturated carbocycles. The highest BCUT2D eigenvalue weighted by Crippen LogP contribution is 2.36. The summed E-state index contributed by atoms with van der Waals surface area (Å²) in [5, 5.41) is 7.71. The number of hydrogen-bond acceptors (Lipinski definition) is 4. The van der Waals surface area contributed by atoms with Crippen LogP contribution in [0.3, 0.4) is 0 Å². The molecular weight excluding hydrogens is 495 g/mol. The summed E-state index contributed by atoms with van der Waals surface area (Å²) in [5.74, 6) is 0.550. The number of fused-ring (bicyclic) bond motifs is 1. The lowest BCUT2D eigenvalue weighted by Gasteiger charge is -2.37. The Labute approximate surface area is 192 Å². The van der Waals surface area contributed by atoms with Crippen LogP contribution in [0.5, 0.6) is 0 Å². The van der Waals surface area contributed by atoms with Crippen molar-refractivity contribution < 1.29 is 0 Å². The Bertz CT molecular complexity index is 1080. The third-order valence-corrected chi connectivity index (χ3v) is 6.28. The van der Waals surface area contributed by atoms with Gasteiger partial charge in [0.1, 0.15) is 11.5 Å². The fourth-order valence-electron chi connectivity index (χ4n) is 3.15. The summed E-state index contributed by atoms with van der Waals surface area (Å²) in [6.07, 6.45) is 0.509. The second kappa shape index (κ2) is 8.17. The molecule has 0 aromatic heterocycles. The summed E-state index contributed by atoms with van der Waals surface area (Å²) >= 11 is 21.9. The van der Waals surface area contributed by atoms with E-state index in [1.54, 1.807) is 12.1 Å². The molecule has 1 unspecified atom stereocenters. The number of rotatable bonds is 3. The Morgan fingerprint density at radius 1 is 1.00 bits per heavy atom. The van der Waals surface area contributed by atoms with Crippen molar-refractivity contribution in [3.05, 3.63) is 85.8 Å². The molecule has 4 rings (SSSR count). The molecule has 1 heterocycles. The van der Waals surface area contributed by atoms with Crippen LogP contribution in [0.15, 0.2) is 70.1 Å². The molecule has 0 amide bonds. The van der Waals surface area contributed by atoms with Gasteiger partial charge in [0.25, 0.3) is 0 Å². The van der Waals surface area contributed by atoms with Crippen molar-refractivity contribution in [1.29, 1.82) is 0 Å². The second-order valence-corrected chi connectivity index (χ2v) is 8.86. The fourth-order valence-corrected chi connectivity index (χ4v) is 4.01. The van der Waals surface area contributed by atoms with Crippen molar-refractivity contribution in [2.45, 2.75) is 12.1 Å². The van der Waals surface area contributed by atoms with E-state index in [0.717, 1.165) is 21.4 Å². The lowest BCUT2D eigenvalue weighted by Crippen LogP contribution is -2.60. The number of halogens is 4. The van der Waals surface area contributed by atoms with E-state index < -0.39 is 5.66 Å². The van der Waals surface area contributed by atoms with Crippen LogP contribution < -0.4 is 16.4 Å². The average molecular weight is 511 g/mol. The first-order chi connectivity index (χ1) is 13.8. The van der Waals surface area contributed by atoms with Crippen LogP contribution in [0, 0.1) is 0 Å². The smallest absolute Gasteiger partial charge is 0.150 e. The molecule has 3 aromatic rings. The summed E-state index contributed by atoms with van der Waals surface area (Å²) in [4.78, 5) is 4.78. The molecule has 0 spiro atoms. The number of anilines is 2. The van der Waals surface area contributed by atoms with E-state index in [2.05, 4.69) is 26.6 Å². The number of amidine groups is 1. The van der Waals surface area contributed by atoms with Crippen LogP contribution in [0.2, 0.25) is 15.1 Å². The normalized spacial score (nSPS) is 17.9. The van der Waals surface area contributed by atoms with Crippen molar-refractivity contribution in [1.82, 2.24) is 0 Å². The fraction of sp³-hybridized carbons (Fsp3) is 0.0952. The lowest BCUT2D eigenvalue weighted by atomic mass is 9.96. The van der Waals surface area contributed by atoms with Gasteiger partial charge in [-0.05, 0) is 42.0 Å². The number of aliphatic imine (C=N–C) groups is 1. The highest BCUT2D eigenvalue weighted by molar-refractivity contribution is 9.10. The summed E-state index contributed by atoms with van der Waals surface area (Å²) in [5.41, 5.74) is 9.23. The first-order valence-corrected chi connectivity index (χ1v) is 10.7. The van der Waals surface area contributed by atoms with Gasteiger partial charge in [-0.1, -0.05) is 75.0 Å². The van der Waals surface area contributed by atoms with E-state index in [-0.39, 0.29) is 0 Å². The van der Waals surface area contributed by atoms with E-state index in [0.29, 0.717) is 33.0 Å². The van der Waals surface area contributed by atoms with Gasteiger partial charge in [-0.25, -0.2) is 4.99 Å². The van der Waals surface area contributed by atoms with Crippen LogP contribution in [-0.4, -0.2) is 11.5 Å². The topological polar surface area (TPSA) is 62.4 Å². The Morgan fingerprint density at radius 3 is 2.34 bits per heavy atom. The van der Waals surface area contributed by atoms with Gasteiger partial charge in [0.05, 0.1) is 26.4 Å². The number of nitrogens with one attached hydrogen (secondary N) is 2. The molecule has 1 aliphatic heterocycles. The number of para-hydroxylation sites is 2. The molecule has 148 valence electrons. The maximum Gasteiger partial charge on any atom is 0.150 e. The van der Waals surface area contributed by atoms with Crippen LogP contribution in [0.4, 0.5) is 17.1 Å². The zero-order chi connectivity index (χ0) is 20.6. The first-order valence-electron chi connectivity index (χ1n) is 8.75. The van der Waals surface area contributed by atoms with Crippen molar-refractivity contribution in [2.24, 2.45) is 10.7 Å². The Kier molecular flexibility index (Phi) is 5.78. The molecule has 4 N–H and O–H groups in total. The SMILES string of the molecule is NC1(Cc2ccc(Br)cc2)Nc2ccccc2N=C1Nc1cc(Cl)c(Cl)c(Cl)c1. The second-order valence-electron chi connectivity index (χ2n) is 6.76. The van der Waals surface area contributed by atoms with E-state index in [1.807, 2.05) is 48.5 Å². The minimum atomic E-state index is -0.971. The Hall–Kier alpha value is -1.76. The van der Waals surface area contributed by atoms with Gasteiger partial charge in [0, 0.05) is 16.6 Å². The van der Waals surface area contributed by atoms with Gasteiger partial charge in [-0.15, -0.1) is 0 Å². The highest BCUT2D eigenvalue weighted by Gasteiger charge is 2.36. The zero-order valence-electron chi connectivity index (χ0n) is 15.0. The van der Waals surface area contributed by atoms with Gasteiger partial charge in [0.2, 0.25) is 0 Å². The van der Waals surface area contributed by atoms with E-state index in [1.165, 1.54) is 0 Å². The standard InChI is InChI=1S/C21H16BrCl3N4/c22-13-7-5-12(6-8-13)11-21(26)20(28-17-3-1-2-4-18(17)29-21)27-14-9-15(23)19(25)16(24)10-14/h1-10,29H,11,26H2,(H,27,28). The molecule has 1 atom stereocenters. The summed E-state index contributed by atoms with van der Waals surface area (Å²) in [6.45, 7) is 0. The zero-order valence-corrected chi connectivity index (χ0v) is 18.9. The molecule has 4 nitrogen and oxygen atoms in total. The van der Waals surface area contributed by atoms with Crippen molar-refractivity contribution in [3.63, 3.8) is 0 Å². The van der Waals surface area contributed by atoms with Gasteiger partial charge < -0.3 is 16.4 Å². The number of hydrogen-bond donors (Lipinski definition) is 3. The van der Waals surface area contributed by atoms with Crippen molar-refractivity contribution in [2.75, 3.05) is 10.6 Å². The van der Waals surface area contributed by atoms with Gasteiger partial charge in [0.15, 0.2) is 0 Å². The predicted octanol–water partition coefficient (Wildman–Crippen LogP) is 6.87. The minimum Gasteiger partial charge on any atom is -0.359 e. The minimum absolute atomic E-state index is 0.307. The largest absolute Gasteiger partial charge is 0.359 e. The molecule has 0 aliphatic carbocycles. The van der Waals surface area contributed by atoms with Crippen LogP contribution in [0.1, 0.15) is 5.56 Å². The van der Waals surface area contributed by atoms with Crippen LogP contribution in [0.25, 0.3) is 0 Å². The average Bonchev–Trinajstić information content (AvgIpc) is 2.68. The number of nitrogens with zero attached hydrogens (tertiary/aromatic N) is 1. The Morgan fingerprint density at radius 2 is 1.66 bits per heavy atom. The van der Waals surface area contributed by atoms with Gasteiger partial charge in [-0.2, -0.15) is 0 Å². The number of benzene rings is 3. The third kappa shape index (κ3) is 4.39. The first kappa shape index (κ1) is 20.5. The molecule has 0 fully saturated rings. The summed E-state index contributed by atoms with van der Waals surface area (Å²) < 4.78 is 1.01. The molecular formula is C21H16BrCl3N4. The van der Waals surface area contributed by atoms with Gasteiger partial charge in [-0.3, -0.25) is 0 Å². The molecule has 0 bridgehead atoms. The maximum absolute atomic E-state index is 6.83.